The third kappa shape index (κ3) is 2.69. The molecule has 1 atom stereocenters. The van der Waals surface area contributed by atoms with Gasteiger partial charge in [-0.3, -0.25) is 5.73 Å². The van der Waals surface area contributed by atoms with Gasteiger partial charge in [-0.15, -0.1) is 0 Å². The molecule has 1 aliphatic rings. The van der Waals surface area contributed by atoms with Crippen LogP contribution in [0.5, 0.6) is 0 Å². The molecule has 1 fully saturated rings. The minimum Gasteiger partial charge on any atom is -0.462 e. The van der Waals surface area contributed by atoms with Crippen LogP contribution in [0.4, 0.5) is 10.1 Å². The Labute approximate surface area is 111 Å². The van der Waals surface area contributed by atoms with Crippen LogP contribution in [0.2, 0.25) is 0 Å². The molecule has 0 amide bonds. The van der Waals surface area contributed by atoms with Crippen LogP contribution < -0.4 is 10.6 Å². The van der Waals surface area contributed by atoms with Crippen molar-refractivity contribution in [3.05, 3.63) is 29.8 Å². The highest BCUT2D eigenvalue weighted by Gasteiger charge is 2.40. The van der Waals surface area contributed by atoms with Crippen molar-refractivity contribution in [1.82, 2.24) is 0 Å². The van der Waals surface area contributed by atoms with E-state index in [0.717, 1.165) is 0 Å². The van der Waals surface area contributed by atoms with Crippen LogP contribution in [0.1, 0.15) is 23.7 Å². The number of nitrogens with zero attached hydrogens (tertiary/aromatic N) is 1. The predicted molar refractivity (Wildman–Crippen MR) is 68.3 cm³/mol. The lowest BCUT2D eigenvalue weighted by atomic mass is 10.1. The lowest BCUT2D eigenvalue weighted by molar-refractivity contribution is -0.146. The van der Waals surface area contributed by atoms with Crippen LogP contribution in [0, 0.1) is 0 Å². The molecule has 1 saturated heterocycles. The van der Waals surface area contributed by atoms with Crippen LogP contribution in [-0.2, 0) is 9.47 Å². The minimum absolute atomic E-state index is 0.291. The fourth-order valence-corrected chi connectivity index (χ4v) is 1.93. The highest BCUT2D eigenvalue weighted by Crippen LogP contribution is 2.30. The Morgan fingerprint density at radius 3 is 2.89 bits per heavy atom. The van der Waals surface area contributed by atoms with Gasteiger partial charge in [-0.05, 0) is 25.1 Å². The molecular formula is C13H17FN2O3. The second kappa shape index (κ2) is 5.54. The first-order valence-electron chi connectivity index (χ1n) is 6.14. The first-order valence-corrected chi connectivity index (χ1v) is 6.14. The molecule has 5 nitrogen and oxygen atoms in total. The smallest absolute Gasteiger partial charge is 0.338 e. The number of hydrogen-bond donors (Lipinski definition) is 1. The van der Waals surface area contributed by atoms with Crippen molar-refractivity contribution in [3.63, 3.8) is 0 Å². The van der Waals surface area contributed by atoms with Crippen LogP contribution in [-0.4, -0.2) is 31.8 Å². The number of nitrogens with two attached hydrogens (primary N) is 1. The molecule has 0 bridgehead atoms. The predicted octanol–water partition coefficient (Wildman–Crippen LogP) is 1.63. The number of rotatable bonds is 5. The molecule has 0 spiro atoms. The van der Waals surface area contributed by atoms with Gasteiger partial charge in [0.1, 0.15) is 0 Å². The second-order valence-electron chi connectivity index (χ2n) is 4.26. The molecule has 19 heavy (non-hydrogen) atoms. The lowest BCUT2D eigenvalue weighted by Gasteiger charge is -2.46. The number of alkyl halides is 1. The van der Waals surface area contributed by atoms with Crippen LogP contribution in [0.15, 0.2) is 24.3 Å². The highest BCUT2D eigenvalue weighted by molar-refractivity contribution is 5.90. The molecule has 0 unspecified atom stereocenters. The second-order valence-corrected chi connectivity index (χ2v) is 4.26. The van der Waals surface area contributed by atoms with Crippen molar-refractivity contribution in [1.29, 1.82) is 0 Å². The maximum absolute atomic E-state index is 13.2. The van der Waals surface area contributed by atoms with Crippen molar-refractivity contribution in [3.8, 4) is 0 Å². The van der Waals surface area contributed by atoms with E-state index in [-0.39, 0.29) is 0 Å². The van der Waals surface area contributed by atoms with Crippen LogP contribution >= 0.6 is 0 Å². The summed E-state index contributed by atoms with van der Waals surface area (Å²) in [6, 6.07) is 6.50. The summed E-state index contributed by atoms with van der Waals surface area (Å²) in [6.45, 7) is 1.74. The Bertz CT molecular complexity index is 463. The number of benzene rings is 1. The zero-order chi connectivity index (χ0) is 13.9. The summed E-state index contributed by atoms with van der Waals surface area (Å²) in [7, 11) is 0. The monoisotopic (exact) mass is 268 g/mol. The van der Waals surface area contributed by atoms with Crippen LogP contribution in [0.3, 0.4) is 0 Å². The van der Waals surface area contributed by atoms with E-state index in [1.165, 1.54) is 4.90 Å². The summed E-state index contributed by atoms with van der Waals surface area (Å²) in [5.74, 6) is -1.56. The summed E-state index contributed by atoms with van der Waals surface area (Å²) < 4.78 is 23.3. The fraction of sp³-hybridized carbons (Fsp3) is 0.462. The zero-order valence-corrected chi connectivity index (χ0v) is 10.8. The van der Waals surface area contributed by atoms with E-state index in [0.29, 0.717) is 30.9 Å². The van der Waals surface area contributed by atoms with E-state index in [2.05, 4.69) is 0 Å². The molecule has 1 aromatic rings. The summed E-state index contributed by atoms with van der Waals surface area (Å²) in [5, 5.41) is 0. The van der Waals surface area contributed by atoms with Gasteiger partial charge in [-0.1, -0.05) is 6.07 Å². The number of ether oxygens (including phenoxy) is 2. The van der Waals surface area contributed by atoms with E-state index in [1.54, 1.807) is 31.2 Å². The normalized spacial score (nSPS) is 21.6. The van der Waals surface area contributed by atoms with E-state index in [9.17, 15) is 9.18 Å². The first kappa shape index (κ1) is 13.8. The van der Waals surface area contributed by atoms with Gasteiger partial charge in [0.15, 0.2) is 12.6 Å². The maximum Gasteiger partial charge on any atom is 0.338 e. The molecule has 104 valence electrons. The lowest BCUT2D eigenvalue weighted by Crippen LogP contribution is -2.64. The minimum atomic E-state index is -1.12. The summed E-state index contributed by atoms with van der Waals surface area (Å²) in [6.07, 6.45) is 0.542. The average molecular weight is 268 g/mol. The summed E-state index contributed by atoms with van der Waals surface area (Å²) in [5.41, 5.74) is 6.78. The van der Waals surface area contributed by atoms with Crippen LogP contribution in [0.25, 0.3) is 0 Å². The number of anilines is 1. The highest BCUT2D eigenvalue weighted by atomic mass is 19.1. The van der Waals surface area contributed by atoms with Crippen molar-refractivity contribution >= 4 is 11.7 Å². The molecule has 0 aliphatic carbocycles. The van der Waals surface area contributed by atoms with Crippen molar-refractivity contribution in [2.75, 3.05) is 24.9 Å². The van der Waals surface area contributed by atoms with Gasteiger partial charge >= 0.3 is 5.97 Å². The van der Waals surface area contributed by atoms with E-state index in [1.807, 2.05) is 0 Å². The molecule has 0 radical (unpaired) electrons. The number of carbonyl (C=O) groups is 1. The molecule has 6 heteroatoms. The number of halogens is 1. The Morgan fingerprint density at radius 1 is 1.63 bits per heavy atom. The van der Waals surface area contributed by atoms with Gasteiger partial charge in [0.25, 0.3) is 0 Å². The molecule has 1 aliphatic heterocycles. The largest absolute Gasteiger partial charge is 0.462 e. The molecule has 0 saturated carbocycles. The van der Waals surface area contributed by atoms with E-state index >= 15 is 0 Å². The number of carbonyl (C=O) groups excluding carboxylic acids is 1. The SMILES string of the molecule is CCOC(=O)c1cccc(N(CF)[C@@]2(N)CCO2)c1. The Hall–Kier alpha value is -1.66. The first-order chi connectivity index (χ1) is 9.10. The van der Waals surface area contributed by atoms with Crippen molar-refractivity contribution in [2.45, 2.75) is 19.2 Å². The number of hydrogen-bond acceptors (Lipinski definition) is 5. The molecule has 2 rings (SSSR count). The van der Waals surface area contributed by atoms with E-state index in [4.69, 9.17) is 15.2 Å². The molecule has 1 heterocycles. The summed E-state index contributed by atoms with van der Waals surface area (Å²) >= 11 is 0. The molecule has 1 aromatic carbocycles. The van der Waals surface area contributed by atoms with E-state index < -0.39 is 18.6 Å². The quantitative estimate of drug-likeness (QED) is 0.499. The Kier molecular flexibility index (Phi) is 4.01. The zero-order valence-electron chi connectivity index (χ0n) is 10.8. The van der Waals surface area contributed by atoms with Gasteiger partial charge in [0.05, 0.1) is 18.8 Å². The number of esters is 1. The van der Waals surface area contributed by atoms with Crippen molar-refractivity contribution in [2.24, 2.45) is 5.73 Å². The third-order valence-electron chi connectivity index (χ3n) is 3.06. The average Bonchev–Trinajstić information content (AvgIpc) is 2.38. The Balaban J connectivity index is 2.24. The molecular weight excluding hydrogens is 251 g/mol. The topological polar surface area (TPSA) is 64.8 Å². The van der Waals surface area contributed by atoms with Crippen molar-refractivity contribution < 1.29 is 18.7 Å². The fourth-order valence-electron chi connectivity index (χ4n) is 1.93. The standard InChI is InChI=1S/C13H17FN2O3/c1-2-18-12(17)10-4-3-5-11(8-10)16(9-14)13(15)6-7-19-13/h3-5,8H,2,6-7,9,15H2,1H3/t13-/m0/s1. The Morgan fingerprint density at radius 2 is 2.37 bits per heavy atom. The molecule has 0 aromatic heterocycles. The third-order valence-corrected chi connectivity index (χ3v) is 3.06. The van der Waals surface area contributed by atoms with Gasteiger partial charge in [-0.25, -0.2) is 9.18 Å². The van der Waals surface area contributed by atoms with Gasteiger partial charge in [-0.2, -0.15) is 0 Å². The van der Waals surface area contributed by atoms with Gasteiger partial charge in [0.2, 0.25) is 0 Å². The van der Waals surface area contributed by atoms with Gasteiger partial charge < -0.3 is 14.4 Å². The molecule has 2 N–H and O–H groups in total. The van der Waals surface area contributed by atoms with Gasteiger partial charge in [0, 0.05) is 12.1 Å². The summed E-state index contributed by atoms with van der Waals surface area (Å²) in [4.78, 5) is 12.9. The maximum atomic E-state index is 13.2.